The number of hydrogen-bond acceptors (Lipinski definition) is 5. The van der Waals surface area contributed by atoms with Crippen LogP contribution in [0.3, 0.4) is 0 Å². The quantitative estimate of drug-likeness (QED) is 0.553. The molecule has 33 heavy (non-hydrogen) atoms. The minimum absolute atomic E-state index is 0.0116. The number of hydrogen-bond donors (Lipinski definition) is 0. The van der Waals surface area contributed by atoms with E-state index in [2.05, 4.69) is 33.5 Å². The monoisotopic (exact) mass is 449 g/mol. The number of aryl methyl sites for hydroxylation is 1. The molecule has 1 aliphatic heterocycles. The molecule has 3 heterocycles. The highest BCUT2D eigenvalue weighted by Gasteiger charge is 2.35. The van der Waals surface area contributed by atoms with Gasteiger partial charge in [0.15, 0.2) is 0 Å². The zero-order chi connectivity index (χ0) is 23.7. The van der Waals surface area contributed by atoms with Crippen LogP contribution in [0.4, 0.5) is 15.9 Å². The smallest absolute Gasteiger partial charge is 0.270 e. The Bertz CT molecular complexity index is 1250. The van der Waals surface area contributed by atoms with Crippen molar-refractivity contribution in [3.8, 4) is 0 Å². The normalized spacial score (nSPS) is 20.1. The number of piperazine rings is 1. The molecule has 0 radical (unpaired) electrons. The van der Waals surface area contributed by atoms with Crippen molar-refractivity contribution in [1.82, 2.24) is 14.5 Å². The summed E-state index contributed by atoms with van der Waals surface area (Å²) in [6, 6.07) is 11.8. The molecule has 7 nitrogen and oxygen atoms in total. The van der Waals surface area contributed by atoms with E-state index >= 15 is 0 Å². The first-order valence-electron chi connectivity index (χ1n) is 11.0. The van der Waals surface area contributed by atoms with Gasteiger partial charge in [-0.2, -0.15) is 0 Å². The van der Waals surface area contributed by atoms with E-state index in [0.717, 1.165) is 17.8 Å². The van der Waals surface area contributed by atoms with E-state index in [-0.39, 0.29) is 29.5 Å². The third kappa shape index (κ3) is 4.34. The Morgan fingerprint density at radius 1 is 1.18 bits per heavy atom. The molecule has 1 unspecified atom stereocenters. The number of halogens is 1. The van der Waals surface area contributed by atoms with E-state index in [1.165, 1.54) is 12.1 Å². The van der Waals surface area contributed by atoms with Crippen LogP contribution < -0.4 is 10.5 Å². The number of aromatic nitrogens is 2. The van der Waals surface area contributed by atoms with Crippen LogP contribution in [0.25, 0.3) is 15.9 Å². The van der Waals surface area contributed by atoms with Gasteiger partial charge in [-0.1, -0.05) is 18.7 Å². The summed E-state index contributed by atoms with van der Waals surface area (Å²) in [5.41, 5.74) is 3.01. The second kappa shape index (κ2) is 9.30. The average molecular weight is 450 g/mol. The summed E-state index contributed by atoms with van der Waals surface area (Å²) in [7, 11) is 3.39. The number of pyridine rings is 2. The molecule has 1 aromatic carbocycles. The van der Waals surface area contributed by atoms with Crippen LogP contribution >= 0.6 is 0 Å². The lowest BCUT2D eigenvalue weighted by molar-refractivity contribution is 0.0488. The minimum Gasteiger partial charge on any atom is -0.383 e. The lowest BCUT2D eigenvalue weighted by atomic mass is 9.99. The Hall–Kier alpha value is -3.28. The molecule has 0 spiro atoms. The Balaban J connectivity index is 1.70. The van der Waals surface area contributed by atoms with Crippen LogP contribution in [0.5, 0.6) is 0 Å². The molecule has 0 bridgehead atoms. The van der Waals surface area contributed by atoms with Gasteiger partial charge in [0.1, 0.15) is 5.82 Å². The lowest BCUT2D eigenvalue weighted by Crippen LogP contribution is -2.58. The van der Waals surface area contributed by atoms with Crippen molar-refractivity contribution in [2.75, 3.05) is 31.7 Å². The summed E-state index contributed by atoms with van der Waals surface area (Å²) in [6.07, 6.45) is 0. The second-order valence-corrected chi connectivity index (χ2v) is 8.65. The van der Waals surface area contributed by atoms with E-state index in [1.54, 1.807) is 36.9 Å². The number of anilines is 1. The molecule has 0 saturated carbocycles. The van der Waals surface area contributed by atoms with E-state index in [4.69, 9.17) is 11.3 Å². The topological polar surface area (TPSA) is 55.0 Å². The molecule has 1 aliphatic rings. The molecule has 1 fully saturated rings. The molecule has 2 aromatic heterocycles. The number of ether oxygens (including phenoxy) is 1. The van der Waals surface area contributed by atoms with Gasteiger partial charge in [0, 0.05) is 45.4 Å². The predicted octanol–water partition coefficient (Wildman–Crippen LogP) is 3.91. The van der Waals surface area contributed by atoms with Crippen molar-refractivity contribution in [2.24, 2.45) is 7.05 Å². The standard InChI is InChI=1S/C25H28FN5O2/c1-16-14-31(22(15-33-5)18-6-8-19(26)9-7-18)17(2)13-30(16)21-12-24(32)29(4)20-10-11-23(27-3)28-25(20)21/h6-12,16-17,22H,13-15H2,1-2,4-5H3/t16-,17+,22?/m0/s1. The first-order chi connectivity index (χ1) is 15.8. The van der Waals surface area contributed by atoms with Crippen molar-refractivity contribution >= 4 is 22.5 Å². The van der Waals surface area contributed by atoms with Crippen molar-refractivity contribution < 1.29 is 9.13 Å². The van der Waals surface area contributed by atoms with Gasteiger partial charge in [-0.15, -0.1) is 4.98 Å². The molecule has 0 amide bonds. The van der Waals surface area contributed by atoms with Gasteiger partial charge in [-0.25, -0.2) is 4.39 Å². The molecule has 3 aromatic rings. The largest absolute Gasteiger partial charge is 0.383 e. The van der Waals surface area contributed by atoms with Crippen molar-refractivity contribution in [3.05, 3.63) is 75.6 Å². The van der Waals surface area contributed by atoms with E-state index in [0.29, 0.717) is 30.0 Å². The third-order valence-corrected chi connectivity index (χ3v) is 6.49. The maximum absolute atomic E-state index is 13.5. The van der Waals surface area contributed by atoms with Crippen LogP contribution in [-0.2, 0) is 11.8 Å². The Morgan fingerprint density at radius 2 is 1.91 bits per heavy atom. The predicted molar refractivity (Wildman–Crippen MR) is 127 cm³/mol. The molecule has 172 valence electrons. The molecule has 1 saturated heterocycles. The van der Waals surface area contributed by atoms with Gasteiger partial charge in [-0.05, 0) is 43.7 Å². The SMILES string of the molecule is [C-]#[N+]c1ccc2c(n1)c(N1C[C@@H](C)N(C(COC)c3ccc(F)cc3)C[C@@H]1C)cc(=O)n2C. The highest BCUT2D eigenvalue weighted by atomic mass is 19.1. The number of benzene rings is 1. The van der Waals surface area contributed by atoms with Gasteiger partial charge in [0.05, 0.1) is 23.9 Å². The molecule has 4 rings (SSSR count). The minimum atomic E-state index is -0.259. The Kier molecular flexibility index (Phi) is 6.45. The van der Waals surface area contributed by atoms with Crippen molar-refractivity contribution in [2.45, 2.75) is 32.0 Å². The summed E-state index contributed by atoms with van der Waals surface area (Å²) in [5, 5.41) is 0. The fourth-order valence-corrected chi connectivity index (χ4v) is 4.73. The molecule has 0 N–H and O–H groups in total. The Morgan fingerprint density at radius 3 is 2.58 bits per heavy atom. The maximum Gasteiger partial charge on any atom is 0.270 e. The number of fused-ring (bicyclic) bond motifs is 1. The summed E-state index contributed by atoms with van der Waals surface area (Å²) >= 11 is 0. The Labute approximate surface area is 192 Å². The van der Waals surface area contributed by atoms with Crippen LogP contribution in [0.15, 0.2) is 47.3 Å². The number of rotatable bonds is 5. The summed E-state index contributed by atoms with van der Waals surface area (Å²) in [5.74, 6) is 0.0446. The number of nitrogens with zero attached hydrogens (tertiary/aromatic N) is 5. The van der Waals surface area contributed by atoms with Gasteiger partial charge in [0.25, 0.3) is 11.4 Å². The fourth-order valence-electron chi connectivity index (χ4n) is 4.73. The summed E-state index contributed by atoms with van der Waals surface area (Å²) in [4.78, 5) is 25.3. The fraction of sp³-hybridized carbons (Fsp3) is 0.400. The van der Waals surface area contributed by atoms with Crippen LogP contribution in [-0.4, -0.2) is 53.3 Å². The average Bonchev–Trinajstić information content (AvgIpc) is 2.81. The molecule has 0 aliphatic carbocycles. The van der Waals surface area contributed by atoms with Crippen LogP contribution in [0.2, 0.25) is 0 Å². The van der Waals surface area contributed by atoms with Gasteiger partial charge in [0.2, 0.25) is 5.52 Å². The second-order valence-electron chi connectivity index (χ2n) is 8.65. The van der Waals surface area contributed by atoms with E-state index < -0.39 is 0 Å². The first kappa shape index (κ1) is 22.9. The molecule has 3 atom stereocenters. The summed E-state index contributed by atoms with van der Waals surface area (Å²) < 4.78 is 20.6. The van der Waals surface area contributed by atoms with Gasteiger partial charge in [-0.3, -0.25) is 9.69 Å². The third-order valence-electron chi connectivity index (χ3n) is 6.49. The van der Waals surface area contributed by atoms with Crippen molar-refractivity contribution in [3.63, 3.8) is 0 Å². The first-order valence-corrected chi connectivity index (χ1v) is 11.0. The van der Waals surface area contributed by atoms with Crippen molar-refractivity contribution in [1.29, 1.82) is 0 Å². The maximum atomic E-state index is 13.5. The molecular formula is C25H28FN5O2. The zero-order valence-corrected chi connectivity index (χ0v) is 19.3. The zero-order valence-electron chi connectivity index (χ0n) is 19.3. The van der Waals surface area contributed by atoms with Crippen LogP contribution in [0.1, 0.15) is 25.5 Å². The van der Waals surface area contributed by atoms with Gasteiger partial charge < -0.3 is 19.0 Å². The van der Waals surface area contributed by atoms with Crippen LogP contribution in [0, 0.1) is 12.4 Å². The van der Waals surface area contributed by atoms with Gasteiger partial charge >= 0.3 is 0 Å². The molecule has 8 heteroatoms. The lowest BCUT2D eigenvalue weighted by Gasteiger charge is -2.48. The highest BCUT2D eigenvalue weighted by molar-refractivity contribution is 5.89. The highest BCUT2D eigenvalue weighted by Crippen LogP contribution is 2.33. The number of methoxy groups -OCH3 is 1. The summed E-state index contributed by atoms with van der Waals surface area (Å²) in [6.45, 7) is 13.5. The molecular weight excluding hydrogens is 421 g/mol. The van der Waals surface area contributed by atoms with E-state index in [1.807, 2.05) is 12.1 Å². The van der Waals surface area contributed by atoms with E-state index in [9.17, 15) is 9.18 Å².